The summed E-state index contributed by atoms with van der Waals surface area (Å²) in [5.41, 5.74) is 1.31. The molecule has 1 aromatic carbocycles. The Labute approximate surface area is 106 Å². The fourth-order valence-electron chi connectivity index (χ4n) is 2.39. The first-order valence-corrected chi connectivity index (χ1v) is 7.15. The van der Waals surface area contributed by atoms with Crippen molar-refractivity contribution in [3.8, 4) is 0 Å². The van der Waals surface area contributed by atoms with E-state index in [1.807, 2.05) is 18.7 Å². The van der Waals surface area contributed by atoms with Crippen LogP contribution in [0.3, 0.4) is 0 Å². The minimum Gasteiger partial charge on any atom is -0.388 e. The van der Waals surface area contributed by atoms with Gasteiger partial charge >= 0.3 is 0 Å². The number of hydrogen-bond acceptors (Lipinski definition) is 2. The molecule has 1 aromatic rings. The van der Waals surface area contributed by atoms with E-state index in [0.717, 1.165) is 29.7 Å². The largest absolute Gasteiger partial charge is 0.388 e. The normalized spacial score (nSPS) is 29.3. The summed E-state index contributed by atoms with van der Waals surface area (Å²) < 4.78 is 13.2. The van der Waals surface area contributed by atoms with Gasteiger partial charge in [-0.25, -0.2) is 4.39 Å². The molecule has 1 N–H and O–H groups in total. The van der Waals surface area contributed by atoms with Crippen molar-refractivity contribution < 1.29 is 9.50 Å². The molecular formula is C14H19FOS. The van der Waals surface area contributed by atoms with Gasteiger partial charge in [0.05, 0.1) is 5.60 Å². The lowest BCUT2D eigenvalue weighted by Crippen LogP contribution is -2.43. The summed E-state index contributed by atoms with van der Waals surface area (Å²) in [6, 6.07) is 4.82. The molecule has 1 heterocycles. The third-order valence-corrected chi connectivity index (χ3v) is 5.15. The van der Waals surface area contributed by atoms with Gasteiger partial charge in [0, 0.05) is 11.7 Å². The number of aryl methyl sites for hydroxylation is 1. The summed E-state index contributed by atoms with van der Waals surface area (Å²) >= 11 is 1.81. The summed E-state index contributed by atoms with van der Waals surface area (Å²) in [7, 11) is 0. The van der Waals surface area contributed by atoms with Crippen LogP contribution in [0.15, 0.2) is 18.2 Å². The molecule has 2 rings (SSSR count). The highest BCUT2D eigenvalue weighted by Gasteiger charge is 2.36. The Morgan fingerprint density at radius 2 is 2.29 bits per heavy atom. The van der Waals surface area contributed by atoms with Crippen LogP contribution in [-0.4, -0.2) is 21.7 Å². The fraction of sp³-hybridized carbons (Fsp3) is 0.571. The molecule has 0 bridgehead atoms. The Morgan fingerprint density at radius 3 is 3.00 bits per heavy atom. The molecule has 0 aromatic heterocycles. The van der Waals surface area contributed by atoms with Crippen molar-refractivity contribution in [2.24, 2.45) is 0 Å². The molecule has 0 aliphatic carbocycles. The van der Waals surface area contributed by atoms with Gasteiger partial charge in [-0.05, 0) is 48.8 Å². The first-order valence-electron chi connectivity index (χ1n) is 6.10. The van der Waals surface area contributed by atoms with Gasteiger partial charge in [0.15, 0.2) is 0 Å². The van der Waals surface area contributed by atoms with Crippen LogP contribution < -0.4 is 0 Å². The second kappa shape index (κ2) is 4.99. The number of rotatable bonds is 2. The summed E-state index contributed by atoms with van der Waals surface area (Å²) in [6.45, 7) is 4.04. The molecule has 1 fully saturated rings. The van der Waals surface area contributed by atoms with Crippen LogP contribution in [0.5, 0.6) is 0 Å². The molecule has 94 valence electrons. The number of halogens is 1. The van der Waals surface area contributed by atoms with Gasteiger partial charge in [-0.2, -0.15) is 11.8 Å². The second-order valence-electron chi connectivity index (χ2n) is 4.97. The van der Waals surface area contributed by atoms with Crippen molar-refractivity contribution in [1.82, 2.24) is 0 Å². The van der Waals surface area contributed by atoms with Gasteiger partial charge in [0.25, 0.3) is 0 Å². The van der Waals surface area contributed by atoms with Crippen LogP contribution in [-0.2, 0) is 6.42 Å². The maximum atomic E-state index is 13.2. The van der Waals surface area contributed by atoms with E-state index in [2.05, 4.69) is 6.92 Å². The lowest BCUT2D eigenvalue weighted by atomic mass is 9.85. The molecular weight excluding hydrogens is 235 g/mol. The van der Waals surface area contributed by atoms with E-state index in [4.69, 9.17) is 0 Å². The zero-order valence-electron chi connectivity index (χ0n) is 10.4. The van der Waals surface area contributed by atoms with Gasteiger partial charge in [0.1, 0.15) is 5.82 Å². The van der Waals surface area contributed by atoms with Gasteiger partial charge < -0.3 is 5.11 Å². The molecule has 3 heteroatoms. The van der Waals surface area contributed by atoms with E-state index in [-0.39, 0.29) is 11.1 Å². The average Bonchev–Trinajstić information content (AvgIpc) is 2.28. The van der Waals surface area contributed by atoms with Crippen LogP contribution >= 0.6 is 11.8 Å². The highest BCUT2D eigenvalue weighted by molar-refractivity contribution is 8.00. The number of thioether (sulfide) groups is 1. The van der Waals surface area contributed by atoms with Crippen molar-refractivity contribution in [2.45, 2.75) is 44.0 Å². The quantitative estimate of drug-likeness (QED) is 0.873. The Bertz CT molecular complexity index is 407. The highest BCUT2D eigenvalue weighted by atomic mass is 32.2. The number of hydrogen-bond donors (Lipinski definition) is 1. The second-order valence-corrected chi connectivity index (χ2v) is 6.42. The Morgan fingerprint density at radius 1 is 1.53 bits per heavy atom. The van der Waals surface area contributed by atoms with Gasteiger partial charge in [-0.1, -0.05) is 13.0 Å². The molecule has 0 saturated carbocycles. The van der Waals surface area contributed by atoms with Crippen molar-refractivity contribution >= 4 is 11.8 Å². The topological polar surface area (TPSA) is 20.2 Å². The molecule has 0 amide bonds. The first-order chi connectivity index (χ1) is 8.01. The monoisotopic (exact) mass is 254 g/mol. The molecule has 2 unspecified atom stereocenters. The summed E-state index contributed by atoms with van der Waals surface area (Å²) in [4.78, 5) is 0. The lowest BCUT2D eigenvalue weighted by Gasteiger charge is -2.38. The summed E-state index contributed by atoms with van der Waals surface area (Å²) in [6.07, 6.45) is 2.42. The SMILES string of the molecule is Cc1ccc(F)cc1CC1(O)CCCSC1C. The van der Waals surface area contributed by atoms with Crippen LogP contribution in [0.1, 0.15) is 30.9 Å². The minimum absolute atomic E-state index is 0.217. The van der Waals surface area contributed by atoms with Crippen molar-refractivity contribution in [3.63, 3.8) is 0 Å². The van der Waals surface area contributed by atoms with E-state index < -0.39 is 5.60 Å². The van der Waals surface area contributed by atoms with Crippen molar-refractivity contribution in [1.29, 1.82) is 0 Å². The molecule has 1 saturated heterocycles. The molecule has 1 nitrogen and oxygen atoms in total. The summed E-state index contributed by atoms with van der Waals surface area (Å²) in [5, 5.41) is 10.9. The number of aliphatic hydroxyl groups is 1. The van der Waals surface area contributed by atoms with Crippen LogP contribution in [0.25, 0.3) is 0 Å². The Hall–Kier alpha value is -0.540. The van der Waals surface area contributed by atoms with Gasteiger partial charge in [0.2, 0.25) is 0 Å². The maximum Gasteiger partial charge on any atom is 0.123 e. The Kier molecular flexibility index (Phi) is 3.79. The fourth-order valence-corrected chi connectivity index (χ4v) is 3.57. The van der Waals surface area contributed by atoms with Crippen LogP contribution in [0, 0.1) is 12.7 Å². The smallest absolute Gasteiger partial charge is 0.123 e. The van der Waals surface area contributed by atoms with Crippen molar-refractivity contribution in [2.75, 3.05) is 5.75 Å². The zero-order chi connectivity index (χ0) is 12.5. The predicted molar refractivity (Wildman–Crippen MR) is 70.9 cm³/mol. The van der Waals surface area contributed by atoms with Crippen LogP contribution in [0.4, 0.5) is 4.39 Å². The molecule has 0 spiro atoms. The van der Waals surface area contributed by atoms with E-state index in [0.29, 0.717) is 6.42 Å². The molecule has 2 atom stereocenters. The first kappa shape index (κ1) is 12.9. The minimum atomic E-state index is -0.679. The number of benzene rings is 1. The van der Waals surface area contributed by atoms with Gasteiger partial charge in [-0.3, -0.25) is 0 Å². The lowest BCUT2D eigenvalue weighted by molar-refractivity contribution is 0.0296. The predicted octanol–water partition coefficient (Wildman–Crippen LogP) is 3.32. The summed E-state index contributed by atoms with van der Waals surface area (Å²) in [5.74, 6) is 0.899. The maximum absolute atomic E-state index is 13.2. The average molecular weight is 254 g/mol. The van der Waals surface area contributed by atoms with E-state index in [1.54, 1.807) is 12.1 Å². The van der Waals surface area contributed by atoms with Crippen LogP contribution in [0.2, 0.25) is 0 Å². The zero-order valence-corrected chi connectivity index (χ0v) is 11.2. The van der Waals surface area contributed by atoms with E-state index in [1.165, 1.54) is 6.07 Å². The van der Waals surface area contributed by atoms with Gasteiger partial charge in [-0.15, -0.1) is 0 Å². The third kappa shape index (κ3) is 2.83. The van der Waals surface area contributed by atoms with E-state index in [9.17, 15) is 9.50 Å². The molecule has 0 radical (unpaired) electrons. The molecule has 17 heavy (non-hydrogen) atoms. The highest BCUT2D eigenvalue weighted by Crippen LogP contribution is 2.36. The Balaban J connectivity index is 2.21. The molecule has 1 aliphatic heterocycles. The van der Waals surface area contributed by atoms with Crippen molar-refractivity contribution in [3.05, 3.63) is 35.1 Å². The standard InChI is InChI=1S/C14H19FOS/c1-10-4-5-13(15)8-12(10)9-14(16)6-3-7-17-11(14)2/h4-5,8,11,16H,3,6-7,9H2,1-2H3. The third-order valence-electron chi connectivity index (χ3n) is 3.69. The molecule has 1 aliphatic rings. The van der Waals surface area contributed by atoms with E-state index >= 15 is 0 Å².